The monoisotopic (exact) mass is 400 g/mol. The normalized spacial score (nSPS) is 12.7. The molecule has 1 aliphatic rings. The largest absolute Gasteiger partial charge is 0.469 e. The first-order valence-electron chi connectivity index (χ1n) is 8.61. The van der Waals surface area contributed by atoms with Gasteiger partial charge in [0.05, 0.1) is 28.4 Å². The molecule has 0 unspecified atom stereocenters. The van der Waals surface area contributed by atoms with Gasteiger partial charge >= 0.3 is 5.97 Å². The minimum absolute atomic E-state index is 0.239. The number of rotatable bonds is 5. The van der Waals surface area contributed by atoms with E-state index in [0.29, 0.717) is 21.8 Å². The van der Waals surface area contributed by atoms with Crippen molar-refractivity contribution < 1.29 is 14.3 Å². The van der Waals surface area contributed by atoms with Crippen molar-refractivity contribution in [3.63, 3.8) is 0 Å². The Hall–Kier alpha value is -2.44. The van der Waals surface area contributed by atoms with Crippen LogP contribution in [-0.4, -0.2) is 23.0 Å². The van der Waals surface area contributed by atoms with Crippen LogP contribution in [0.1, 0.15) is 23.2 Å². The number of methoxy groups -OCH3 is 1. The molecule has 2 aromatic heterocycles. The molecule has 0 amide bonds. The molecule has 2 heterocycles. The lowest BCUT2D eigenvalue weighted by Crippen LogP contribution is -2.04. The highest BCUT2D eigenvalue weighted by atomic mass is 35.5. The average Bonchev–Trinajstić information content (AvgIpc) is 3.32. The van der Waals surface area contributed by atoms with Crippen molar-refractivity contribution in [3.8, 4) is 22.3 Å². The smallest absolute Gasteiger partial charge is 0.309 e. The summed E-state index contributed by atoms with van der Waals surface area (Å²) in [5, 5.41) is 0. The molecule has 0 saturated carbocycles. The average molecular weight is 401 g/mol. The van der Waals surface area contributed by atoms with Gasteiger partial charge in [0.2, 0.25) is 5.88 Å². The van der Waals surface area contributed by atoms with E-state index in [9.17, 15) is 4.79 Å². The van der Waals surface area contributed by atoms with Crippen LogP contribution < -0.4 is 4.74 Å². The van der Waals surface area contributed by atoms with Crippen LogP contribution in [0.25, 0.3) is 10.7 Å². The molecule has 1 aromatic carbocycles. The van der Waals surface area contributed by atoms with Crippen LogP contribution in [0.15, 0.2) is 36.4 Å². The van der Waals surface area contributed by atoms with Gasteiger partial charge in [-0.05, 0) is 49.1 Å². The Labute approximate surface area is 166 Å². The number of fused-ring (bicyclic) bond motifs is 1. The molecule has 1 aliphatic carbocycles. The first-order chi connectivity index (χ1) is 13.1. The number of hydrogen-bond donors (Lipinski definition) is 0. The molecule has 7 heteroatoms. The van der Waals surface area contributed by atoms with Crippen molar-refractivity contribution in [2.24, 2.45) is 0 Å². The van der Waals surface area contributed by atoms with Gasteiger partial charge in [-0.1, -0.05) is 23.7 Å². The van der Waals surface area contributed by atoms with E-state index in [2.05, 4.69) is 4.98 Å². The number of benzene rings is 1. The number of aryl methyl sites for hydroxylation is 1. The number of aromatic nitrogens is 2. The summed E-state index contributed by atoms with van der Waals surface area (Å²) in [5.41, 5.74) is 2.98. The SMILES string of the molecule is COC(=O)Cc1ccc(Oc2nc(-c3ccc(Cl)s3)nc3c2CCC3)cc1. The number of ether oxygens (including phenoxy) is 2. The van der Waals surface area contributed by atoms with E-state index in [1.807, 2.05) is 36.4 Å². The predicted octanol–water partition coefficient (Wildman–Crippen LogP) is 4.86. The third kappa shape index (κ3) is 3.96. The number of thiophene rings is 1. The Balaban J connectivity index is 1.61. The first kappa shape index (κ1) is 17.9. The zero-order chi connectivity index (χ0) is 18.8. The van der Waals surface area contributed by atoms with Crippen LogP contribution in [0.3, 0.4) is 0 Å². The summed E-state index contributed by atoms with van der Waals surface area (Å²) in [6.45, 7) is 0. The highest BCUT2D eigenvalue weighted by molar-refractivity contribution is 7.19. The number of esters is 1. The summed E-state index contributed by atoms with van der Waals surface area (Å²) >= 11 is 7.51. The van der Waals surface area contributed by atoms with Gasteiger partial charge in [-0.15, -0.1) is 11.3 Å². The Morgan fingerprint density at radius 1 is 1.15 bits per heavy atom. The second-order valence-corrected chi connectivity index (χ2v) is 7.95. The highest BCUT2D eigenvalue weighted by Crippen LogP contribution is 2.36. The van der Waals surface area contributed by atoms with Gasteiger partial charge in [0, 0.05) is 5.56 Å². The molecule has 4 rings (SSSR count). The quantitative estimate of drug-likeness (QED) is 0.572. The maximum Gasteiger partial charge on any atom is 0.309 e. The molecule has 0 atom stereocenters. The third-order valence-corrected chi connectivity index (χ3v) is 5.63. The van der Waals surface area contributed by atoms with Crippen molar-refractivity contribution >= 4 is 28.9 Å². The summed E-state index contributed by atoms with van der Waals surface area (Å²) in [6, 6.07) is 11.2. The fourth-order valence-corrected chi connectivity index (χ4v) is 4.03. The molecule has 0 aliphatic heterocycles. The summed E-state index contributed by atoms with van der Waals surface area (Å²) < 4.78 is 11.5. The van der Waals surface area contributed by atoms with E-state index < -0.39 is 0 Å². The molecule has 0 bridgehead atoms. The topological polar surface area (TPSA) is 61.3 Å². The number of carbonyl (C=O) groups is 1. The van der Waals surface area contributed by atoms with E-state index in [1.165, 1.54) is 18.4 Å². The van der Waals surface area contributed by atoms with Crippen molar-refractivity contribution in [1.82, 2.24) is 9.97 Å². The van der Waals surface area contributed by atoms with Crippen LogP contribution >= 0.6 is 22.9 Å². The first-order valence-corrected chi connectivity index (χ1v) is 9.81. The van der Waals surface area contributed by atoms with Crippen LogP contribution in [-0.2, 0) is 28.8 Å². The van der Waals surface area contributed by atoms with Crippen LogP contribution in [0.4, 0.5) is 0 Å². The molecule has 0 fully saturated rings. The minimum Gasteiger partial charge on any atom is -0.469 e. The molecule has 0 radical (unpaired) electrons. The molecular weight excluding hydrogens is 384 g/mol. The Bertz CT molecular complexity index is 985. The molecule has 138 valence electrons. The van der Waals surface area contributed by atoms with Gasteiger partial charge < -0.3 is 9.47 Å². The summed E-state index contributed by atoms with van der Waals surface area (Å²) in [6.07, 6.45) is 3.13. The van der Waals surface area contributed by atoms with Gasteiger partial charge in [-0.25, -0.2) is 4.98 Å². The summed E-state index contributed by atoms with van der Waals surface area (Å²) in [4.78, 5) is 21.7. The van der Waals surface area contributed by atoms with E-state index in [4.69, 9.17) is 26.1 Å². The zero-order valence-corrected chi connectivity index (χ0v) is 16.3. The molecule has 0 N–H and O–H groups in total. The van der Waals surface area contributed by atoms with Crippen molar-refractivity contribution in [2.75, 3.05) is 7.11 Å². The van der Waals surface area contributed by atoms with Crippen LogP contribution in [0.5, 0.6) is 11.6 Å². The zero-order valence-electron chi connectivity index (χ0n) is 14.7. The maximum absolute atomic E-state index is 11.4. The Morgan fingerprint density at radius 3 is 2.67 bits per heavy atom. The van der Waals surface area contributed by atoms with Gasteiger partial charge in [0.1, 0.15) is 5.75 Å². The minimum atomic E-state index is -0.267. The van der Waals surface area contributed by atoms with E-state index in [1.54, 1.807) is 0 Å². The van der Waals surface area contributed by atoms with Gasteiger partial charge in [0.25, 0.3) is 0 Å². The summed E-state index contributed by atoms with van der Waals surface area (Å²) in [5.74, 6) is 1.64. The van der Waals surface area contributed by atoms with Gasteiger partial charge in [-0.2, -0.15) is 4.98 Å². The highest BCUT2D eigenvalue weighted by Gasteiger charge is 2.22. The lowest BCUT2D eigenvalue weighted by Gasteiger charge is -2.11. The van der Waals surface area contributed by atoms with Crippen LogP contribution in [0.2, 0.25) is 4.34 Å². The Kier molecular flexibility index (Phi) is 5.09. The summed E-state index contributed by atoms with van der Waals surface area (Å²) in [7, 11) is 1.38. The molecule has 3 aromatic rings. The fraction of sp³-hybridized carbons (Fsp3) is 0.250. The van der Waals surface area contributed by atoms with E-state index >= 15 is 0 Å². The molecule has 0 saturated heterocycles. The lowest BCUT2D eigenvalue weighted by molar-refractivity contribution is -0.139. The number of hydrogen-bond acceptors (Lipinski definition) is 6. The van der Waals surface area contributed by atoms with Gasteiger partial charge in [-0.3, -0.25) is 4.79 Å². The molecule has 0 spiro atoms. The Morgan fingerprint density at radius 2 is 1.96 bits per heavy atom. The van der Waals surface area contributed by atoms with E-state index in [0.717, 1.165) is 41.0 Å². The second-order valence-electron chi connectivity index (χ2n) is 6.23. The van der Waals surface area contributed by atoms with E-state index in [-0.39, 0.29) is 12.4 Å². The van der Waals surface area contributed by atoms with Crippen molar-refractivity contribution in [1.29, 1.82) is 0 Å². The molecule has 27 heavy (non-hydrogen) atoms. The van der Waals surface area contributed by atoms with Crippen molar-refractivity contribution in [2.45, 2.75) is 25.7 Å². The molecule has 5 nitrogen and oxygen atoms in total. The third-order valence-electron chi connectivity index (χ3n) is 4.40. The maximum atomic E-state index is 11.4. The molecular formula is C20H17ClN2O3S. The van der Waals surface area contributed by atoms with Gasteiger partial charge in [0.15, 0.2) is 5.82 Å². The van der Waals surface area contributed by atoms with Crippen molar-refractivity contribution in [3.05, 3.63) is 57.6 Å². The van der Waals surface area contributed by atoms with Crippen LogP contribution in [0, 0.1) is 0 Å². The standard InChI is InChI=1S/C20H17ClN2O3S/c1-25-18(24)11-12-5-7-13(8-6-12)26-20-14-3-2-4-15(14)22-19(23-20)16-9-10-17(21)27-16/h5-10H,2-4,11H2,1H3. The number of nitrogens with zero attached hydrogens (tertiary/aromatic N) is 2. The fourth-order valence-electron chi connectivity index (χ4n) is 3.05. The number of carbonyl (C=O) groups excluding carboxylic acids is 1. The predicted molar refractivity (Wildman–Crippen MR) is 105 cm³/mol. The second kappa shape index (κ2) is 7.66. The number of halogens is 1. The lowest BCUT2D eigenvalue weighted by atomic mass is 10.1.